The van der Waals surface area contributed by atoms with Gasteiger partial charge in [-0.3, -0.25) is 0 Å². The summed E-state index contributed by atoms with van der Waals surface area (Å²) in [5.74, 6) is 1.04. The Morgan fingerprint density at radius 2 is 1.89 bits per heavy atom. The number of ether oxygens (including phenoxy) is 2. The van der Waals surface area contributed by atoms with Crippen LogP contribution < -0.4 is 10.5 Å². The summed E-state index contributed by atoms with van der Waals surface area (Å²) in [6.07, 6.45) is 4.93. The average molecular weight is 504 g/mol. The summed E-state index contributed by atoms with van der Waals surface area (Å²) in [5.41, 5.74) is 8.29. The van der Waals surface area contributed by atoms with Crippen molar-refractivity contribution in [2.24, 2.45) is 0 Å². The Morgan fingerprint density at radius 1 is 1.11 bits per heavy atom. The van der Waals surface area contributed by atoms with Gasteiger partial charge in [0.25, 0.3) is 0 Å². The van der Waals surface area contributed by atoms with E-state index in [0.717, 1.165) is 35.0 Å². The van der Waals surface area contributed by atoms with Crippen molar-refractivity contribution in [1.82, 2.24) is 19.4 Å². The fourth-order valence-corrected chi connectivity index (χ4v) is 4.65. The van der Waals surface area contributed by atoms with Crippen LogP contribution in [0.4, 0.5) is 15.0 Å². The molecule has 2 aromatic carbocycles. The standard InChI is InChI=1S/C28H30FN5O3/c1-28(2,3)37-27(35)33-13-5-7-20(15-33)34-16-23(24-25(30)31-17-32-26(24)34)18-9-11-21(12-10-18)36-22-8-4-6-19(29)14-22/h4,6,8-12,14,16-17,20H,5,7,13,15H2,1-3H3,(H2,30,31,32)/t20-/m1/s1. The quantitative estimate of drug-likeness (QED) is 0.357. The molecule has 0 unspecified atom stereocenters. The van der Waals surface area contributed by atoms with Crippen LogP contribution in [0.25, 0.3) is 22.2 Å². The monoisotopic (exact) mass is 503 g/mol. The number of nitrogen functional groups attached to an aromatic ring is 1. The molecule has 2 N–H and O–H groups in total. The first-order valence-corrected chi connectivity index (χ1v) is 12.3. The van der Waals surface area contributed by atoms with Gasteiger partial charge in [-0.2, -0.15) is 0 Å². The van der Waals surface area contributed by atoms with E-state index < -0.39 is 5.60 Å². The number of piperidine rings is 1. The Morgan fingerprint density at radius 3 is 2.62 bits per heavy atom. The third kappa shape index (κ3) is 5.35. The second-order valence-corrected chi connectivity index (χ2v) is 10.2. The Labute approximate surface area is 214 Å². The molecule has 4 aromatic rings. The predicted molar refractivity (Wildman–Crippen MR) is 140 cm³/mol. The van der Waals surface area contributed by atoms with Gasteiger partial charge in [-0.1, -0.05) is 18.2 Å². The van der Waals surface area contributed by atoms with E-state index in [1.54, 1.807) is 17.0 Å². The second-order valence-electron chi connectivity index (χ2n) is 10.2. The van der Waals surface area contributed by atoms with Gasteiger partial charge in [-0.05, 0) is 63.4 Å². The minimum Gasteiger partial charge on any atom is -0.457 e. The SMILES string of the molecule is CC(C)(C)OC(=O)N1CCC[C@@H](n2cc(-c3ccc(Oc4cccc(F)c4)cc3)c3c(N)ncnc32)C1. The molecule has 2 aromatic heterocycles. The molecular formula is C28H30FN5O3. The molecule has 1 fully saturated rings. The Kier molecular flexibility index (Phi) is 6.45. The fourth-order valence-electron chi connectivity index (χ4n) is 4.65. The lowest BCUT2D eigenvalue weighted by Gasteiger charge is -2.34. The molecule has 192 valence electrons. The van der Waals surface area contributed by atoms with Crippen molar-refractivity contribution in [1.29, 1.82) is 0 Å². The lowest BCUT2D eigenvalue weighted by atomic mass is 10.1. The Bertz CT molecular complexity index is 1430. The summed E-state index contributed by atoms with van der Waals surface area (Å²) >= 11 is 0. The number of nitrogens with two attached hydrogens (primary N) is 1. The molecule has 8 nitrogen and oxygen atoms in total. The average Bonchev–Trinajstić information content (AvgIpc) is 3.25. The zero-order valence-electron chi connectivity index (χ0n) is 21.1. The summed E-state index contributed by atoms with van der Waals surface area (Å²) < 4.78 is 27.0. The molecule has 0 radical (unpaired) electrons. The number of likely N-dealkylation sites (tertiary alicyclic amines) is 1. The molecule has 37 heavy (non-hydrogen) atoms. The van der Waals surface area contributed by atoms with Crippen molar-refractivity contribution < 1.29 is 18.7 Å². The van der Waals surface area contributed by atoms with Crippen molar-refractivity contribution in [2.75, 3.05) is 18.8 Å². The molecule has 9 heteroatoms. The van der Waals surface area contributed by atoms with E-state index in [2.05, 4.69) is 14.5 Å². The van der Waals surface area contributed by atoms with Gasteiger partial charge in [-0.15, -0.1) is 0 Å². The largest absolute Gasteiger partial charge is 0.457 e. The maximum Gasteiger partial charge on any atom is 0.410 e. The first-order valence-electron chi connectivity index (χ1n) is 12.3. The maximum atomic E-state index is 13.5. The summed E-state index contributed by atoms with van der Waals surface area (Å²) in [6.45, 7) is 6.77. The van der Waals surface area contributed by atoms with E-state index >= 15 is 0 Å². The number of hydrogen-bond donors (Lipinski definition) is 1. The van der Waals surface area contributed by atoms with Gasteiger partial charge >= 0.3 is 6.09 Å². The number of carbonyl (C=O) groups is 1. The van der Waals surface area contributed by atoms with E-state index in [1.165, 1.54) is 18.5 Å². The fraction of sp³-hybridized carbons (Fsp3) is 0.321. The van der Waals surface area contributed by atoms with Crippen molar-refractivity contribution in [3.8, 4) is 22.6 Å². The van der Waals surface area contributed by atoms with Crippen LogP contribution in [0.3, 0.4) is 0 Å². The molecule has 1 amide bonds. The van der Waals surface area contributed by atoms with E-state index in [1.807, 2.05) is 51.2 Å². The van der Waals surface area contributed by atoms with E-state index in [9.17, 15) is 9.18 Å². The molecule has 0 spiro atoms. The number of benzene rings is 2. The third-order valence-corrected chi connectivity index (χ3v) is 6.28. The number of carbonyl (C=O) groups excluding carboxylic acids is 1. The molecular weight excluding hydrogens is 473 g/mol. The number of rotatable bonds is 4. The van der Waals surface area contributed by atoms with Crippen molar-refractivity contribution >= 4 is 22.9 Å². The van der Waals surface area contributed by atoms with Gasteiger partial charge < -0.3 is 24.7 Å². The Hall–Kier alpha value is -4.14. The highest BCUT2D eigenvalue weighted by atomic mass is 19.1. The van der Waals surface area contributed by atoms with Crippen LogP contribution in [0.2, 0.25) is 0 Å². The van der Waals surface area contributed by atoms with Crippen LogP contribution in [-0.2, 0) is 4.74 Å². The van der Waals surface area contributed by atoms with E-state index in [4.69, 9.17) is 15.2 Å². The molecule has 0 bridgehead atoms. The molecule has 5 rings (SSSR count). The molecule has 1 aliphatic rings. The number of nitrogens with zero attached hydrogens (tertiary/aromatic N) is 4. The van der Waals surface area contributed by atoms with Gasteiger partial charge in [0.15, 0.2) is 0 Å². The number of aromatic nitrogens is 3. The number of amides is 1. The van der Waals surface area contributed by atoms with Gasteiger partial charge in [-0.25, -0.2) is 19.2 Å². The summed E-state index contributed by atoms with van der Waals surface area (Å²) in [4.78, 5) is 23.3. The second kappa shape index (κ2) is 9.72. The van der Waals surface area contributed by atoms with Gasteiger partial charge in [0, 0.05) is 30.9 Å². The van der Waals surface area contributed by atoms with Crippen LogP contribution in [0.1, 0.15) is 39.7 Å². The molecule has 1 atom stereocenters. The van der Waals surface area contributed by atoms with E-state index in [-0.39, 0.29) is 18.0 Å². The number of halogens is 1. The Balaban J connectivity index is 1.44. The minimum absolute atomic E-state index is 0.0161. The first-order chi connectivity index (χ1) is 17.7. The molecule has 0 saturated carbocycles. The molecule has 1 saturated heterocycles. The van der Waals surface area contributed by atoms with Crippen LogP contribution in [0, 0.1) is 5.82 Å². The first kappa shape index (κ1) is 24.5. The number of hydrogen-bond acceptors (Lipinski definition) is 6. The molecule has 3 heterocycles. The van der Waals surface area contributed by atoms with Crippen LogP contribution >= 0.6 is 0 Å². The number of anilines is 1. The highest BCUT2D eigenvalue weighted by Crippen LogP contribution is 2.37. The highest BCUT2D eigenvalue weighted by Gasteiger charge is 2.30. The van der Waals surface area contributed by atoms with Gasteiger partial charge in [0.05, 0.1) is 11.4 Å². The lowest BCUT2D eigenvalue weighted by Crippen LogP contribution is -2.43. The zero-order valence-corrected chi connectivity index (χ0v) is 21.1. The van der Waals surface area contributed by atoms with Gasteiger partial charge in [0.2, 0.25) is 0 Å². The smallest absolute Gasteiger partial charge is 0.410 e. The highest BCUT2D eigenvalue weighted by molar-refractivity contribution is 6.00. The van der Waals surface area contributed by atoms with Crippen molar-refractivity contribution in [2.45, 2.75) is 45.3 Å². The normalized spacial score (nSPS) is 16.1. The summed E-state index contributed by atoms with van der Waals surface area (Å²) in [7, 11) is 0. The minimum atomic E-state index is -0.552. The third-order valence-electron chi connectivity index (χ3n) is 6.28. The van der Waals surface area contributed by atoms with Crippen LogP contribution in [-0.4, -0.2) is 44.2 Å². The maximum absolute atomic E-state index is 13.5. The van der Waals surface area contributed by atoms with E-state index in [0.29, 0.717) is 30.4 Å². The van der Waals surface area contributed by atoms with Crippen molar-refractivity contribution in [3.05, 3.63) is 66.9 Å². The zero-order chi connectivity index (χ0) is 26.2. The topological polar surface area (TPSA) is 95.5 Å². The van der Waals surface area contributed by atoms with Crippen LogP contribution in [0.5, 0.6) is 11.5 Å². The molecule has 1 aliphatic heterocycles. The predicted octanol–water partition coefficient (Wildman–Crippen LogP) is 6.18. The van der Waals surface area contributed by atoms with Crippen LogP contribution in [0.15, 0.2) is 61.1 Å². The molecule has 0 aliphatic carbocycles. The van der Waals surface area contributed by atoms with Gasteiger partial charge in [0.1, 0.15) is 40.7 Å². The number of fused-ring (bicyclic) bond motifs is 1. The summed E-state index contributed by atoms with van der Waals surface area (Å²) in [6, 6.07) is 13.5. The lowest BCUT2D eigenvalue weighted by molar-refractivity contribution is 0.0174. The van der Waals surface area contributed by atoms with Crippen molar-refractivity contribution in [3.63, 3.8) is 0 Å². The summed E-state index contributed by atoms with van der Waals surface area (Å²) in [5, 5.41) is 0.760.